The second-order valence-electron chi connectivity index (χ2n) is 6.97. The van der Waals surface area contributed by atoms with Gasteiger partial charge in [-0.3, -0.25) is 9.36 Å². The highest BCUT2D eigenvalue weighted by Gasteiger charge is 2.28. The molecule has 0 aliphatic carbocycles. The summed E-state index contributed by atoms with van der Waals surface area (Å²) in [7, 11) is -1.79. The maximum atomic E-state index is 12.7. The highest BCUT2D eigenvalue weighted by molar-refractivity contribution is 7.53. The SMILES string of the molecule is COc1ccc(-c2nc(OCCOCP(=O)(OC(C)C)OC(C)C)cc(=O)[nH]2)cc1. The third-order valence-electron chi connectivity index (χ3n) is 3.55. The second-order valence-corrected chi connectivity index (χ2v) is 8.87. The third-order valence-corrected chi connectivity index (χ3v) is 5.54. The molecule has 0 unspecified atom stereocenters. The molecule has 10 heteroatoms. The molecule has 0 saturated heterocycles. The van der Waals surface area contributed by atoms with Gasteiger partial charge in [0.15, 0.2) is 0 Å². The third kappa shape index (κ3) is 7.91. The molecule has 0 aliphatic rings. The Kier molecular flexibility index (Phi) is 9.05. The van der Waals surface area contributed by atoms with Gasteiger partial charge in [-0.1, -0.05) is 0 Å². The van der Waals surface area contributed by atoms with Gasteiger partial charge in [-0.05, 0) is 52.0 Å². The van der Waals surface area contributed by atoms with E-state index in [1.807, 2.05) is 0 Å². The summed E-state index contributed by atoms with van der Waals surface area (Å²) in [5, 5.41) is 0. The van der Waals surface area contributed by atoms with E-state index >= 15 is 0 Å². The predicted molar refractivity (Wildman–Crippen MR) is 113 cm³/mol. The van der Waals surface area contributed by atoms with Crippen LogP contribution < -0.4 is 15.0 Å². The van der Waals surface area contributed by atoms with Crippen LogP contribution in [0.1, 0.15) is 27.7 Å². The molecule has 9 nitrogen and oxygen atoms in total. The van der Waals surface area contributed by atoms with Gasteiger partial charge in [0.25, 0.3) is 5.56 Å². The van der Waals surface area contributed by atoms with Crippen LogP contribution in [0.5, 0.6) is 11.6 Å². The average molecular weight is 440 g/mol. The predicted octanol–water partition coefficient (Wildman–Crippen LogP) is 3.84. The summed E-state index contributed by atoms with van der Waals surface area (Å²) in [5.74, 6) is 1.24. The Bertz CT molecular complexity index is 883. The fourth-order valence-electron chi connectivity index (χ4n) is 2.50. The number of benzene rings is 1. The van der Waals surface area contributed by atoms with Crippen LogP contribution in [0.25, 0.3) is 11.4 Å². The number of ether oxygens (including phenoxy) is 3. The molecule has 2 aromatic rings. The van der Waals surface area contributed by atoms with E-state index in [2.05, 4.69) is 9.97 Å². The fraction of sp³-hybridized carbons (Fsp3) is 0.500. The summed E-state index contributed by atoms with van der Waals surface area (Å²) in [4.78, 5) is 18.9. The number of nitrogens with one attached hydrogen (secondary N) is 1. The lowest BCUT2D eigenvalue weighted by Crippen LogP contribution is -2.15. The van der Waals surface area contributed by atoms with Gasteiger partial charge in [0.1, 0.15) is 24.5 Å². The lowest BCUT2D eigenvalue weighted by molar-refractivity contribution is 0.0844. The van der Waals surface area contributed by atoms with Crippen LogP contribution in [0.3, 0.4) is 0 Å². The Morgan fingerprint density at radius 2 is 1.67 bits per heavy atom. The van der Waals surface area contributed by atoms with Crippen molar-refractivity contribution in [3.05, 3.63) is 40.7 Å². The monoisotopic (exact) mass is 440 g/mol. The molecule has 166 valence electrons. The molecule has 1 heterocycles. The number of rotatable bonds is 12. The van der Waals surface area contributed by atoms with E-state index in [4.69, 9.17) is 23.3 Å². The van der Waals surface area contributed by atoms with Crippen LogP contribution in [0.4, 0.5) is 0 Å². The normalized spacial score (nSPS) is 11.8. The molecule has 1 N–H and O–H groups in total. The minimum atomic E-state index is -3.36. The fourth-order valence-corrected chi connectivity index (χ4v) is 4.31. The van der Waals surface area contributed by atoms with E-state index in [0.717, 1.165) is 0 Å². The molecule has 1 aromatic heterocycles. The molecule has 0 radical (unpaired) electrons. The van der Waals surface area contributed by atoms with Crippen molar-refractivity contribution in [3.8, 4) is 23.0 Å². The molecule has 1 aromatic carbocycles. The zero-order valence-electron chi connectivity index (χ0n) is 17.9. The maximum Gasteiger partial charge on any atom is 0.356 e. The van der Waals surface area contributed by atoms with Crippen molar-refractivity contribution in [1.82, 2.24) is 9.97 Å². The average Bonchev–Trinajstić information content (AvgIpc) is 2.66. The highest BCUT2D eigenvalue weighted by Crippen LogP contribution is 2.50. The number of aromatic amines is 1. The molecule has 2 rings (SSSR count). The van der Waals surface area contributed by atoms with Gasteiger partial charge in [-0.25, -0.2) is 0 Å². The Morgan fingerprint density at radius 3 is 2.23 bits per heavy atom. The van der Waals surface area contributed by atoms with Crippen LogP contribution in [-0.2, 0) is 18.3 Å². The molecular formula is C20H29N2O7P. The number of H-pyrrole nitrogens is 1. The summed E-state index contributed by atoms with van der Waals surface area (Å²) in [6, 6.07) is 8.36. The van der Waals surface area contributed by atoms with E-state index in [1.54, 1.807) is 59.1 Å². The number of hydrogen-bond donors (Lipinski definition) is 1. The molecular weight excluding hydrogens is 411 g/mol. The summed E-state index contributed by atoms with van der Waals surface area (Å²) in [5.41, 5.74) is 0.374. The van der Waals surface area contributed by atoms with Crippen molar-refractivity contribution in [3.63, 3.8) is 0 Å². The zero-order valence-corrected chi connectivity index (χ0v) is 18.8. The topological polar surface area (TPSA) is 109 Å². The van der Waals surface area contributed by atoms with Gasteiger partial charge in [-0.2, -0.15) is 4.98 Å². The van der Waals surface area contributed by atoms with Crippen molar-refractivity contribution in [2.45, 2.75) is 39.9 Å². The van der Waals surface area contributed by atoms with Crippen LogP contribution >= 0.6 is 7.60 Å². The molecule has 0 amide bonds. The van der Waals surface area contributed by atoms with E-state index in [9.17, 15) is 9.36 Å². The van der Waals surface area contributed by atoms with Crippen molar-refractivity contribution in [1.29, 1.82) is 0 Å². The van der Waals surface area contributed by atoms with Gasteiger partial charge in [0.2, 0.25) is 5.88 Å². The molecule has 0 fully saturated rings. The summed E-state index contributed by atoms with van der Waals surface area (Å²) in [6.07, 6.45) is -0.704. The number of hydrogen-bond acceptors (Lipinski definition) is 8. The standard InChI is InChI=1S/C20H29N2O7P/c1-14(2)28-30(24,29-15(3)4)13-26-10-11-27-19-12-18(23)21-20(22-19)16-6-8-17(25-5)9-7-16/h6-9,12,14-15H,10-11,13H2,1-5H3,(H,21,22,23). The highest BCUT2D eigenvalue weighted by atomic mass is 31.2. The first-order chi connectivity index (χ1) is 14.2. The number of aromatic nitrogens is 2. The number of methoxy groups -OCH3 is 1. The Hall–Kier alpha value is -2.19. The van der Waals surface area contributed by atoms with Crippen molar-refractivity contribution < 1.29 is 27.8 Å². The first-order valence-electron chi connectivity index (χ1n) is 9.63. The Morgan fingerprint density at radius 1 is 1.03 bits per heavy atom. The molecule has 0 atom stereocenters. The van der Waals surface area contributed by atoms with E-state index < -0.39 is 7.60 Å². The van der Waals surface area contributed by atoms with Gasteiger partial charge >= 0.3 is 7.60 Å². The van der Waals surface area contributed by atoms with Crippen molar-refractivity contribution in [2.75, 3.05) is 26.7 Å². The molecule has 30 heavy (non-hydrogen) atoms. The Balaban J connectivity index is 1.92. The summed E-state index contributed by atoms with van der Waals surface area (Å²) >= 11 is 0. The first kappa shape index (κ1) is 24.1. The first-order valence-corrected chi connectivity index (χ1v) is 11.4. The number of nitrogens with zero attached hydrogens (tertiary/aromatic N) is 1. The van der Waals surface area contributed by atoms with Gasteiger partial charge < -0.3 is 28.2 Å². The molecule has 0 aliphatic heterocycles. The van der Waals surface area contributed by atoms with Crippen LogP contribution in [0, 0.1) is 0 Å². The maximum absolute atomic E-state index is 12.7. The minimum Gasteiger partial charge on any atom is -0.497 e. The summed E-state index contributed by atoms with van der Waals surface area (Å²) < 4.78 is 39.6. The van der Waals surface area contributed by atoms with Gasteiger partial charge in [0.05, 0.1) is 32.0 Å². The second kappa shape index (κ2) is 11.3. The quantitative estimate of drug-likeness (QED) is 0.392. The van der Waals surface area contributed by atoms with Gasteiger partial charge in [-0.15, -0.1) is 0 Å². The molecule has 0 saturated carbocycles. The van der Waals surface area contributed by atoms with Crippen molar-refractivity contribution >= 4 is 7.60 Å². The van der Waals surface area contributed by atoms with Gasteiger partial charge in [0, 0.05) is 5.56 Å². The van der Waals surface area contributed by atoms with Crippen LogP contribution in [0.15, 0.2) is 35.1 Å². The molecule has 0 bridgehead atoms. The van der Waals surface area contributed by atoms with Crippen LogP contribution in [-0.4, -0.2) is 48.8 Å². The molecule has 0 spiro atoms. The lowest BCUT2D eigenvalue weighted by atomic mass is 10.2. The zero-order chi connectivity index (χ0) is 22.1. The van der Waals surface area contributed by atoms with Crippen molar-refractivity contribution in [2.24, 2.45) is 0 Å². The van der Waals surface area contributed by atoms with E-state index in [0.29, 0.717) is 17.1 Å². The van der Waals surface area contributed by atoms with E-state index in [1.165, 1.54) is 6.07 Å². The largest absolute Gasteiger partial charge is 0.497 e. The Labute approximate surface area is 176 Å². The minimum absolute atomic E-state index is 0.113. The summed E-state index contributed by atoms with van der Waals surface area (Å²) in [6.45, 7) is 7.34. The smallest absolute Gasteiger partial charge is 0.356 e. The lowest BCUT2D eigenvalue weighted by Gasteiger charge is -2.22. The van der Waals surface area contributed by atoms with E-state index in [-0.39, 0.29) is 43.2 Å². The van der Waals surface area contributed by atoms with Crippen LogP contribution in [0.2, 0.25) is 0 Å².